The van der Waals surface area contributed by atoms with Gasteiger partial charge in [-0.1, -0.05) is 0 Å². The fourth-order valence-corrected chi connectivity index (χ4v) is 0.591. The van der Waals surface area contributed by atoms with Gasteiger partial charge in [0.25, 0.3) is 5.91 Å². The summed E-state index contributed by atoms with van der Waals surface area (Å²) in [6, 6.07) is 0. The molecule has 0 bridgehead atoms. The number of amides is 1. The Morgan fingerprint density at radius 1 is 1.64 bits per heavy atom. The first kappa shape index (κ1) is 10.3. The van der Waals surface area contributed by atoms with E-state index in [9.17, 15) is 4.79 Å². The van der Waals surface area contributed by atoms with Gasteiger partial charge in [-0.05, 0) is 0 Å². The van der Waals surface area contributed by atoms with Gasteiger partial charge in [0.05, 0.1) is 7.11 Å². The lowest BCUT2D eigenvalue weighted by Gasteiger charge is -2.18. The lowest BCUT2D eigenvalue weighted by molar-refractivity contribution is -0.178. The monoisotopic (exact) mass is 162 g/mol. The van der Waals surface area contributed by atoms with Crippen molar-refractivity contribution in [3.8, 4) is 0 Å². The number of hydroxylamine groups is 2. The first-order chi connectivity index (χ1) is 5.17. The number of rotatable bonds is 4. The number of nitrogens with two attached hydrogens (primary N) is 1. The number of carbonyl (C=O) groups is 1. The molecule has 2 N–H and O–H groups in total. The van der Waals surface area contributed by atoms with Crippen molar-refractivity contribution in [2.45, 2.75) is 6.10 Å². The number of likely N-dealkylation sites (N-methyl/N-ethyl adjacent to an activating group) is 1. The normalized spacial score (nSPS) is 12.7. The quantitative estimate of drug-likeness (QED) is 0.537. The van der Waals surface area contributed by atoms with Gasteiger partial charge in [0.1, 0.15) is 6.10 Å². The van der Waals surface area contributed by atoms with Crippen LogP contribution in [0.4, 0.5) is 0 Å². The molecule has 1 atom stereocenters. The second-order valence-electron chi connectivity index (χ2n) is 1.98. The Morgan fingerprint density at radius 3 is 2.45 bits per heavy atom. The van der Waals surface area contributed by atoms with Crippen molar-refractivity contribution in [2.75, 3.05) is 27.8 Å². The van der Waals surface area contributed by atoms with Crippen molar-refractivity contribution in [3.05, 3.63) is 0 Å². The van der Waals surface area contributed by atoms with E-state index in [1.807, 2.05) is 0 Å². The maximum atomic E-state index is 11.1. The molecule has 0 aromatic rings. The number of hydrogen-bond donors (Lipinski definition) is 1. The number of ether oxygens (including phenoxy) is 1. The summed E-state index contributed by atoms with van der Waals surface area (Å²) in [4.78, 5) is 15.8. The zero-order valence-electron chi connectivity index (χ0n) is 7.03. The van der Waals surface area contributed by atoms with Crippen LogP contribution in [-0.4, -0.2) is 44.9 Å². The zero-order chi connectivity index (χ0) is 8.85. The Bertz CT molecular complexity index is 125. The molecule has 0 aliphatic heterocycles. The van der Waals surface area contributed by atoms with Crippen LogP contribution in [0, 0.1) is 0 Å². The van der Waals surface area contributed by atoms with Crippen LogP contribution in [0.3, 0.4) is 0 Å². The van der Waals surface area contributed by atoms with Crippen molar-refractivity contribution >= 4 is 5.91 Å². The van der Waals surface area contributed by atoms with E-state index >= 15 is 0 Å². The van der Waals surface area contributed by atoms with E-state index in [-0.39, 0.29) is 12.5 Å². The molecule has 0 fully saturated rings. The largest absolute Gasteiger partial charge is 0.370 e. The molecule has 0 rings (SSSR count). The minimum Gasteiger partial charge on any atom is -0.370 e. The molecule has 0 aromatic carbocycles. The van der Waals surface area contributed by atoms with Gasteiger partial charge in [0, 0.05) is 20.7 Å². The minimum absolute atomic E-state index is 0.156. The summed E-state index contributed by atoms with van der Waals surface area (Å²) in [5, 5.41) is 1.08. The molecule has 66 valence electrons. The summed E-state index contributed by atoms with van der Waals surface area (Å²) in [7, 11) is 4.34. The maximum Gasteiger partial charge on any atom is 0.276 e. The van der Waals surface area contributed by atoms with Crippen LogP contribution in [0.25, 0.3) is 0 Å². The molecule has 0 radical (unpaired) electrons. The molecular formula is C6H14N2O3. The van der Waals surface area contributed by atoms with Crippen LogP contribution in [0.15, 0.2) is 0 Å². The summed E-state index contributed by atoms with van der Waals surface area (Å²) in [6.45, 7) is 0.156. The Balaban J connectivity index is 3.97. The number of carbonyl (C=O) groups excluding carboxylic acids is 1. The average Bonchev–Trinajstić information content (AvgIpc) is 2.05. The Hall–Kier alpha value is -0.650. The van der Waals surface area contributed by atoms with Crippen LogP contribution >= 0.6 is 0 Å². The number of methoxy groups -OCH3 is 1. The van der Waals surface area contributed by atoms with Crippen LogP contribution in [0.5, 0.6) is 0 Å². The van der Waals surface area contributed by atoms with Gasteiger partial charge in [0.15, 0.2) is 0 Å². The SMILES string of the molecule is COC(CN)C(=O)N(C)OC. The van der Waals surface area contributed by atoms with Gasteiger partial charge in [-0.15, -0.1) is 0 Å². The predicted octanol–water partition coefficient (Wildman–Crippen LogP) is -1.02. The third-order valence-electron chi connectivity index (χ3n) is 1.36. The molecule has 0 heterocycles. The third kappa shape index (κ3) is 2.83. The lowest BCUT2D eigenvalue weighted by Crippen LogP contribution is -2.41. The Morgan fingerprint density at radius 2 is 2.18 bits per heavy atom. The maximum absolute atomic E-state index is 11.1. The first-order valence-electron chi connectivity index (χ1n) is 3.21. The first-order valence-corrected chi connectivity index (χ1v) is 3.21. The van der Waals surface area contributed by atoms with Crippen LogP contribution in [0.1, 0.15) is 0 Å². The van der Waals surface area contributed by atoms with E-state index in [1.54, 1.807) is 0 Å². The van der Waals surface area contributed by atoms with Crippen molar-refractivity contribution in [1.82, 2.24) is 5.06 Å². The van der Waals surface area contributed by atoms with Gasteiger partial charge in [-0.3, -0.25) is 9.63 Å². The molecule has 0 saturated carbocycles. The predicted molar refractivity (Wildman–Crippen MR) is 39.6 cm³/mol. The Labute approximate surface area is 66.0 Å². The summed E-state index contributed by atoms with van der Waals surface area (Å²) >= 11 is 0. The highest BCUT2D eigenvalue weighted by atomic mass is 16.7. The molecule has 0 saturated heterocycles. The molecule has 5 nitrogen and oxygen atoms in total. The fourth-order valence-electron chi connectivity index (χ4n) is 0.591. The molecule has 1 amide bonds. The average molecular weight is 162 g/mol. The van der Waals surface area contributed by atoms with Crippen molar-refractivity contribution in [3.63, 3.8) is 0 Å². The van der Waals surface area contributed by atoms with Crippen LogP contribution in [-0.2, 0) is 14.4 Å². The summed E-state index contributed by atoms with van der Waals surface area (Å²) in [5.74, 6) is -0.280. The number of hydrogen-bond acceptors (Lipinski definition) is 4. The highest BCUT2D eigenvalue weighted by Gasteiger charge is 2.19. The standard InChI is InChI=1S/C6H14N2O3/c1-8(11-3)6(9)5(4-7)10-2/h5H,4,7H2,1-3H3. The second-order valence-corrected chi connectivity index (χ2v) is 1.98. The highest BCUT2D eigenvalue weighted by molar-refractivity contribution is 5.79. The van der Waals surface area contributed by atoms with Crippen molar-refractivity contribution in [2.24, 2.45) is 5.73 Å². The lowest BCUT2D eigenvalue weighted by atomic mass is 10.3. The molecular weight excluding hydrogens is 148 g/mol. The van der Waals surface area contributed by atoms with Gasteiger partial charge in [0.2, 0.25) is 0 Å². The van der Waals surface area contributed by atoms with E-state index in [0.717, 1.165) is 5.06 Å². The molecule has 0 aliphatic rings. The summed E-state index contributed by atoms with van der Waals surface area (Å²) in [5.41, 5.74) is 5.25. The smallest absolute Gasteiger partial charge is 0.276 e. The van der Waals surface area contributed by atoms with Crippen molar-refractivity contribution < 1.29 is 14.4 Å². The number of nitrogens with zero attached hydrogens (tertiary/aromatic N) is 1. The van der Waals surface area contributed by atoms with Gasteiger partial charge < -0.3 is 10.5 Å². The third-order valence-corrected chi connectivity index (χ3v) is 1.36. The van der Waals surface area contributed by atoms with E-state index in [4.69, 9.17) is 10.5 Å². The van der Waals surface area contributed by atoms with Crippen molar-refractivity contribution in [1.29, 1.82) is 0 Å². The minimum atomic E-state index is -0.611. The molecule has 5 heteroatoms. The van der Waals surface area contributed by atoms with Crippen LogP contribution in [0.2, 0.25) is 0 Å². The summed E-state index contributed by atoms with van der Waals surface area (Å²) < 4.78 is 4.79. The Kier molecular flexibility index (Phi) is 4.76. The summed E-state index contributed by atoms with van der Waals surface area (Å²) in [6.07, 6.45) is -0.611. The van der Waals surface area contributed by atoms with E-state index in [0.29, 0.717) is 0 Å². The molecule has 0 aliphatic carbocycles. The molecule has 0 aromatic heterocycles. The second kappa shape index (κ2) is 5.06. The van der Waals surface area contributed by atoms with E-state index in [1.165, 1.54) is 21.3 Å². The van der Waals surface area contributed by atoms with Gasteiger partial charge in [-0.2, -0.15) is 0 Å². The van der Waals surface area contributed by atoms with Crippen LogP contribution < -0.4 is 5.73 Å². The van der Waals surface area contributed by atoms with E-state index < -0.39 is 6.10 Å². The highest BCUT2D eigenvalue weighted by Crippen LogP contribution is 1.94. The molecule has 1 unspecified atom stereocenters. The molecule has 11 heavy (non-hydrogen) atoms. The topological polar surface area (TPSA) is 64.8 Å². The zero-order valence-corrected chi connectivity index (χ0v) is 7.03. The van der Waals surface area contributed by atoms with Gasteiger partial charge >= 0.3 is 0 Å². The van der Waals surface area contributed by atoms with E-state index in [2.05, 4.69) is 4.84 Å². The van der Waals surface area contributed by atoms with Gasteiger partial charge in [-0.25, -0.2) is 5.06 Å². The molecule has 0 spiro atoms. The fraction of sp³-hybridized carbons (Fsp3) is 0.833.